The highest BCUT2D eigenvalue weighted by Crippen LogP contribution is 2.25. The van der Waals surface area contributed by atoms with E-state index in [0.717, 1.165) is 6.07 Å². The Bertz CT molecular complexity index is 872. The molecule has 1 heterocycles. The van der Waals surface area contributed by atoms with Crippen molar-refractivity contribution in [3.8, 4) is 0 Å². The number of furan rings is 1. The van der Waals surface area contributed by atoms with Gasteiger partial charge in [-0.25, -0.2) is 17.9 Å². The Morgan fingerprint density at radius 3 is 2.50 bits per heavy atom. The van der Waals surface area contributed by atoms with E-state index >= 15 is 0 Å². The third-order valence-electron chi connectivity index (χ3n) is 3.71. The second-order valence-electron chi connectivity index (χ2n) is 6.13. The summed E-state index contributed by atoms with van der Waals surface area (Å²) in [5.74, 6) is -0.733. The van der Waals surface area contributed by atoms with Crippen molar-refractivity contribution in [1.29, 1.82) is 0 Å². The minimum Gasteiger partial charge on any atom is -0.448 e. The first-order valence-corrected chi connectivity index (χ1v) is 8.73. The monoisotopic (exact) mass is 354 g/mol. The van der Waals surface area contributed by atoms with E-state index in [4.69, 9.17) is 9.56 Å². The van der Waals surface area contributed by atoms with Crippen molar-refractivity contribution in [3.05, 3.63) is 53.0 Å². The second-order valence-corrected chi connectivity index (χ2v) is 7.62. The Hall–Kier alpha value is -2.19. The largest absolute Gasteiger partial charge is 0.448 e. The molecule has 0 radical (unpaired) electrons. The molecule has 3 N–H and O–H groups in total. The number of benzene rings is 1. The summed E-state index contributed by atoms with van der Waals surface area (Å²) in [5.41, 5.74) is -0.107. The summed E-state index contributed by atoms with van der Waals surface area (Å²) in [5, 5.41) is 7.18. The molecule has 0 spiro atoms. The smallest absolute Gasteiger partial charge is 0.271 e. The third kappa shape index (κ3) is 3.82. The zero-order valence-electron chi connectivity index (χ0n) is 13.6. The maximum absolute atomic E-state index is 13.9. The van der Waals surface area contributed by atoms with E-state index in [1.807, 2.05) is 0 Å². The van der Waals surface area contributed by atoms with Crippen LogP contribution in [0.25, 0.3) is 0 Å². The zero-order valence-corrected chi connectivity index (χ0v) is 14.4. The summed E-state index contributed by atoms with van der Waals surface area (Å²) >= 11 is 0. The van der Waals surface area contributed by atoms with E-state index in [0.29, 0.717) is 5.56 Å². The van der Waals surface area contributed by atoms with E-state index in [-0.39, 0.29) is 23.7 Å². The summed E-state index contributed by atoms with van der Waals surface area (Å²) in [7, 11) is -4.03. The first-order chi connectivity index (χ1) is 11.0. The fourth-order valence-electron chi connectivity index (χ4n) is 2.32. The topological polar surface area (TPSA) is 102 Å². The molecule has 2 aromatic rings. The number of hydrogen-bond acceptors (Lipinski definition) is 4. The normalized spacial score (nSPS) is 12.2. The summed E-state index contributed by atoms with van der Waals surface area (Å²) in [6.45, 7) is 5.21. The number of halogens is 1. The second kappa shape index (κ2) is 6.37. The molecule has 0 aliphatic heterocycles. The number of amides is 1. The zero-order chi connectivity index (χ0) is 18.1. The maximum Gasteiger partial charge on any atom is 0.271 e. The lowest BCUT2D eigenvalue weighted by atomic mass is 9.84. The van der Waals surface area contributed by atoms with Crippen LogP contribution in [0, 0.1) is 12.7 Å². The van der Waals surface area contributed by atoms with Crippen LogP contribution >= 0.6 is 0 Å². The van der Waals surface area contributed by atoms with Gasteiger partial charge in [0, 0.05) is 18.0 Å². The number of carbonyl (C=O) groups is 1. The molecule has 0 aliphatic carbocycles. The lowest BCUT2D eigenvalue weighted by Crippen LogP contribution is -2.37. The van der Waals surface area contributed by atoms with E-state index < -0.39 is 26.4 Å². The Morgan fingerprint density at radius 1 is 1.33 bits per heavy atom. The summed E-state index contributed by atoms with van der Waals surface area (Å²) in [4.78, 5) is 12.3. The summed E-state index contributed by atoms with van der Waals surface area (Å²) in [6, 6.07) is 7.41. The summed E-state index contributed by atoms with van der Waals surface area (Å²) in [6.07, 6.45) is 0. The highest BCUT2D eigenvalue weighted by molar-refractivity contribution is 7.89. The van der Waals surface area contributed by atoms with Gasteiger partial charge in [0.1, 0.15) is 11.6 Å². The number of nitrogens with one attached hydrogen (secondary N) is 1. The van der Waals surface area contributed by atoms with Crippen molar-refractivity contribution in [3.63, 3.8) is 0 Å². The first-order valence-electron chi connectivity index (χ1n) is 7.19. The van der Waals surface area contributed by atoms with Gasteiger partial charge < -0.3 is 9.73 Å². The van der Waals surface area contributed by atoms with Crippen LogP contribution in [0.1, 0.15) is 35.5 Å². The summed E-state index contributed by atoms with van der Waals surface area (Å²) < 4.78 is 41.5. The molecule has 24 heavy (non-hydrogen) atoms. The van der Waals surface area contributed by atoms with Crippen LogP contribution in [-0.2, 0) is 15.4 Å². The van der Waals surface area contributed by atoms with E-state index in [2.05, 4.69) is 5.32 Å². The molecular formula is C16H19FN2O4S. The van der Waals surface area contributed by atoms with Crippen molar-refractivity contribution in [1.82, 2.24) is 5.32 Å². The Labute approximate surface area is 139 Å². The number of primary sulfonamides is 1. The number of sulfonamides is 1. The Balaban J connectivity index is 2.16. The molecule has 6 nitrogen and oxygen atoms in total. The fraction of sp³-hybridized carbons (Fsp3) is 0.312. The third-order valence-corrected chi connectivity index (χ3v) is 4.48. The molecule has 1 aromatic carbocycles. The quantitative estimate of drug-likeness (QED) is 0.858. The maximum atomic E-state index is 13.9. The predicted molar refractivity (Wildman–Crippen MR) is 86.6 cm³/mol. The molecule has 8 heteroatoms. The molecule has 0 aliphatic rings. The van der Waals surface area contributed by atoms with Crippen molar-refractivity contribution in [2.24, 2.45) is 5.14 Å². The highest BCUT2D eigenvalue weighted by atomic mass is 32.2. The molecule has 0 bridgehead atoms. The highest BCUT2D eigenvalue weighted by Gasteiger charge is 2.26. The SMILES string of the molecule is Cc1oc(S(N)(=O)=O)cc1C(=O)NCC(C)(C)c1ccccc1F. The van der Waals surface area contributed by atoms with Gasteiger partial charge in [-0.3, -0.25) is 4.79 Å². The molecular weight excluding hydrogens is 335 g/mol. The average Bonchev–Trinajstić information content (AvgIpc) is 2.87. The van der Waals surface area contributed by atoms with E-state index in [1.165, 1.54) is 13.0 Å². The molecule has 1 amide bonds. The van der Waals surface area contributed by atoms with Crippen molar-refractivity contribution in [2.75, 3.05) is 6.54 Å². The predicted octanol–water partition coefficient (Wildman–Crippen LogP) is 2.08. The van der Waals surface area contributed by atoms with Crippen LogP contribution in [0.3, 0.4) is 0 Å². The van der Waals surface area contributed by atoms with Gasteiger partial charge in [-0.1, -0.05) is 32.0 Å². The van der Waals surface area contributed by atoms with Crippen molar-refractivity contribution >= 4 is 15.9 Å². The molecule has 1 aromatic heterocycles. The number of carbonyl (C=O) groups excluding carboxylic acids is 1. The van der Waals surface area contributed by atoms with Crippen LogP contribution < -0.4 is 10.5 Å². The van der Waals surface area contributed by atoms with E-state index in [1.54, 1.807) is 32.0 Å². The van der Waals surface area contributed by atoms with Crippen molar-refractivity contribution in [2.45, 2.75) is 31.3 Å². The van der Waals surface area contributed by atoms with Gasteiger partial charge in [-0.05, 0) is 18.6 Å². The van der Waals surface area contributed by atoms with Gasteiger partial charge in [0.05, 0.1) is 5.56 Å². The van der Waals surface area contributed by atoms with Crippen LogP contribution in [0.15, 0.2) is 39.8 Å². The van der Waals surface area contributed by atoms with Crippen LogP contribution in [0.5, 0.6) is 0 Å². The standard InChI is InChI=1S/C16H19FN2O4S/c1-10-11(8-14(23-10)24(18,21)22)15(20)19-9-16(2,3)12-6-4-5-7-13(12)17/h4-8H,9H2,1-3H3,(H,19,20)(H2,18,21,22). The van der Waals surface area contributed by atoms with Crippen LogP contribution in [0.2, 0.25) is 0 Å². The van der Waals surface area contributed by atoms with E-state index in [9.17, 15) is 17.6 Å². The number of hydrogen-bond donors (Lipinski definition) is 2. The molecule has 2 rings (SSSR count). The average molecular weight is 354 g/mol. The lowest BCUT2D eigenvalue weighted by molar-refractivity contribution is 0.0943. The number of aryl methyl sites for hydroxylation is 1. The van der Waals surface area contributed by atoms with Crippen molar-refractivity contribution < 1.29 is 22.0 Å². The van der Waals surface area contributed by atoms with Gasteiger partial charge in [-0.2, -0.15) is 0 Å². The molecule has 130 valence electrons. The van der Waals surface area contributed by atoms with Gasteiger partial charge >= 0.3 is 0 Å². The van der Waals surface area contributed by atoms with Gasteiger partial charge in [0.25, 0.3) is 15.9 Å². The minimum absolute atomic E-state index is 0.0726. The lowest BCUT2D eigenvalue weighted by Gasteiger charge is -2.26. The van der Waals surface area contributed by atoms with Gasteiger partial charge in [-0.15, -0.1) is 0 Å². The Kier molecular flexibility index (Phi) is 4.82. The minimum atomic E-state index is -4.03. The van der Waals surface area contributed by atoms with Gasteiger partial charge in [0.2, 0.25) is 5.09 Å². The Morgan fingerprint density at radius 2 is 1.96 bits per heavy atom. The fourth-order valence-corrected chi connectivity index (χ4v) is 2.85. The van der Waals surface area contributed by atoms with Crippen LogP contribution in [0.4, 0.5) is 4.39 Å². The molecule has 0 atom stereocenters. The molecule has 0 unspecified atom stereocenters. The molecule has 0 fully saturated rings. The molecule has 0 saturated carbocycles. The number of rotatable bonds is 5. The van der Waals surface area contributed by atoms with Crippen LogP contribution in [-0.4, -0.2) is 20.9 Å². The van der Waals surface area contributed by atoms with Gasteiger partial charge in [0.15, 0.2) is 0 Å². The molecule has 0 saturated heterocycles. The number of nitrogens with two attached hydrogens (primary N) is 1. The first kappa shape index (κ1) is 18.2.